The standard InChI is InChI=1S/C11BrF23/c12-10(31,32)8(27,28)6(23,24)4(19,20)2(15,16)1(13,14)3(17,18)5(21,22)7(25,26)9(29,30)11(33,34)35. The molecule has 0 bridgehead atoms. The Morgan fingerprint density at radius 1 is 0.229 bits per heavy atom. The van der Waals surface area contributed by atoms with Gasteiger partial charge < -0.3 is 0 Å². The van der Waals surface area contributed by atoms with E-state index in [9.17, 15) is 101 Å². The summed E-state index contributed by atoms with van der Waals surface area (Å²) in [5.41, 5.74) is 0. The van der Waals surface area contributed by atoms with E-state index in [0.29, 0.717) is 0 Å². The van der Waals surface area contributed by atoms with Crippen LogP contribution in [0.25, 0.3) is 0 Å². The lowest BCUT2D eigenvalue weighted by Crippen LogP contribution is -2.77. The van der Waals surface area contributed by atoms with Gasteiger partial charge in [0.1, 0.15) is 0 Å². The van der Waals surface area contributed by atoms with Crippen LogP contribution in [0.5, 0.6) is 0 Å². The quantitative estimate of drug-likeness (QED) is 0.175. The van der Waals surface area contributed by atoms with Crippen molar-refractivity contribution in [3.8, 4) is 0 Å². The van der Waals surface area contributed by atoms with Gasteiger partial charge in [-0.1, -0.05) is 0 Å². The van der Waals surface area contributed by atoms with E-state index in [1.165, 1.54) is 0 Å². The van der Waals surface area contributed by atoms with Crippen LogP contribution in [-0.2, 0) is 0 Å². The van der Waals surface area contributed by atoms with E-state index in [1.807, 2.05) is 0 Å². The Morgan fingerprint density at radius 2 is 0.371 bits per heavy atom. The molecule has 0 fully saturated rings. The second-order valence-corrected chi connectivity index (χ2v) is 7.16. The number of alkyl halides is 24. The third-order valence-electron chi connectivity index (χ3n) is 3.87. The van der Waals surface area contributed by atoms with Crippen molar-refractivity contribution in [1.29, 1.82) is 0 Å². The van der Waals surface area contributed by atoms with Gasteiger partial charge in [0, 0.05) is 0 Å². The van der Waals surface area contributed by atoms with Crippen LogP contribution < -0.4 is 0 Å². The summed E-state index contributed by atoms with van der Waals surface area (Å²) < 4.78 is 296. The average molecular weight is 649 g/mol. The summed E-state index contributed by atoms with van der Waals surface area (Å²) >= 11 is 0.197. The van der Waals surface area contributed by atoms with E-state index in [1.54, 1.807) is 0 Å². The van der Waals surface area contributed by atoms with E-state index >= 15 is 0 Å². The summed E-state index contributed by atoms with van der Waals surface area (Å²) in [7, 11) is 0. The summed E-state index contributed by atoms with van der Waals surface area (Å²) in [6.45, 7) is 0. The first-order valence-electron chi connectivity index (χ1n) is 7.04. The maximum absolute atomic E-state index is 13.3. The Morgan fingerprint density at radius 3 is 0.514 bits per heavy atom. The molecule has 0 saturated carbocycles. The Bertz CT molecular complexity index is 716. The van der Waals surface area contributed by atoms with E-state index < -0.39 is 64.3 Å². The van der Waals surface area contributed by atoms with Gasteiger partial charge in [0.2, 0.25) is 0 Å². The average Bonchev–Trinajstić information content (AvgIpc) is 2.58. The van der Waals surface area contributed by atoms with Crippen LogP contribution in [0.3, 0.4) is 0 Å². The van der Waals surface area contributed by atoms with E-state index in [-0.39, 0.29) is 15.9 Å². The molecule has 0 aliphatic rings. The molecule has 0 radical (unpaired) electrons. The molecule has 0 unspecified atom stereocenters. The van der Waals surface area contributed by atoms with Crippen LogP contribution in [0.2, 0.25) is 0 Å². The Balaban J connectivity index is 7.15. The van der Waals surface area contributed by atoms with Crippen LogP contribution in [0.1, 0.15) is 0 Å². The molecule has 0 rings (SSSR count). The SMILES string of the molecule is FC(F)(F)C(F)(F)C(F)(F)C(F)(F)C(F)(F)C(F)(F)C(F)(F)C(F)(F)C(F)(F)C(F)(F)C(F)(F)Br. The molecule has 0 amide bonds. The molecule has 0 nitrogen and oxygen atoms in total. The van der Waals surface area contributed by atoms with Gasteiger partial charge >= 0.3 is 64.3 Å². The fourth-order valence-electron chi connectivity index (χ4n) is 1.74. The molecule has 0 aliphatic carbocycles. The second kappa shape index (κ2) is 7.93. The lowest BCUT2D eigenvalue weighted by molar-refractivity contribution is -0.476. The minimum absolute atomic E-state index is 0.197. The fraction of sp³-hybridized carbons (Fsp3) is 1.00. The van der Waals surface area contributed by atoms with Gasteiger partial charge in [0.25, 0.3) is 0 Å². The zero-order valence-corrected chi connectivity index (χ0v) is 16.2. The number of hydrogen-bond donors (Lipinski definition) is 0. The van der Waals surface area contributed by atoms with Crippen LogP contribution in [0, 0.1) is 0 Å². The first-order valence-corrected chi connectivity index (χ1v) is 7.83. The van der Waals surface area contributed by atoms with Crippen molar-refractivity contribution in [2.24, 2.45) is 0 Å². The summed E-state index contributed by atoms with van der Waals surface area (Å²) in [4.78, 5) is -6.80. The predicted octanol–water partition coefficient (Wildman–Crippen LogP) is 8.25. The molecule has 35 heavy (non-hydrogen) atoms. The molecule has 0 saturated heterocycles. The molecule has 0 atom stereocenters. The highest BCUT2D eigenvalue weighted by molar-refractivity contribution is 9.10. The molecule has 0 aromatic heterocycles. The highest BCUT2D eigenvalue weighted by Crippen LogP contribution is 2.67. The van der Waals surface area contributed by atoms with Crippen molar-refractivity contribution < 1.29 is 101 Å². The summed E-state index contributed by atoms with van der Waals surface area (Å²) in [5, 5.41) is 0. The lowest BCUT2D eigenvalue weighted by Gasteiger charge is -2.44. The maximum Gasteiger partial charge on any atom is 0.460 e. The number of halogens is 24. The minimum atomic E-state index is -9.36. The van der Waals surface area contributed by atoms with Gasteiger partial charge in [0.05, 0.1) is 0 Å². The zero-order chi connectivity index (χ0) is 29.5. The highest BCUT2D eigenvalue weighted by atomic mass is 79.9. The highest BCUT2D eigenvalue weighted by Gasteiger charge is 2.98. The molecule has 212 valence electrons. The molecule has 0 aliphatic heterocycles. The van der Waals surface area contributed by atoms with E-state index in [0.717, 1.165) is 0 Å². The zero-order valence-electron chi connectivity index (χ0n) is 14.6. The molecule has 0 N–H and O–H groups in total. The summed E-state index contributed by atoms with van der Waals surface area (Å²) in [6, 6.07) is 0. The van der Waals surface area contributed by atoms with Crippen molar-refractivity contribution in [3.05, 3.63) is 0 Å². The minimum Gasteiger partial charge on any atom is -0.192 e. The summed E-state index contributed by atoms with van der Waals surface area (Å²) in [5.74, 6) is -80.4. The van der Waals surface area contributed by atoms with Crippen molar-refractivity contribution in [2.45, 2.75) is 64.3 Å². The van der Waals surface area contributed by atoms with Crippen molar-refractivity contribution in [3.63, 3.8) is 0 Å². The molecule has 0 heterocycles. The maximum atomic E-state index is 13.3. The fourth-order valence-corrected chi connectivity index (χ4v) is 1.99. The molecule has 0 aromatic carbocycles. The molecular formula is C11BrF23. The van der Waals surface area contributed by atoms with Gasteiger partial charge in [0.15, 0.2) is 0 Å². The van der Waals surface area contributed by atoms with Gasteiger partial charge in [-0.15, -0.1) is 0 Å². The largest absolute Gasteiger partial charge is 0.460 e. The molecule has 0 spiro atoms. The number of hydrogen-bond acceptors (Lipinski definition) is 0. The van der Waals surface area contributed by atoms with Gasteiger partial charge in [-0.3, -0.25) is 0 Å². The van der Waals surface area contributed by atoms with Crippen LogP contribution in [0.4, 0.5) is 101 Å². The Kier molecular flexibility index (Phi) is 7.68. The number of rotatable bonds is 9. The van der Waals surface area contributed by atoms with Crippen molar-refractivity contribution >= 4 is 15.9 Å². The van der Waals surface area contributed by atoms with E-state index in [2.05, 4.69) is 0 Å². The Labute approximate surface area is 182 Å². The summed E-state index contributed by atoms with van der Waals surface area (Å²) in [6.07, 6.45) is -8.08. The van der Waals surface area contributed by atoms with Gasteiger partial charge in [-0.05, 0) is 15.9 Å². The Hall–Kier alpha value is -1.13. The second-order valence-electron chi connectivity index (χ2n) is 6.17. The first-order chi connectivity index (χ1) is 14.5. The molecular weight excluding hydrogens is 649 g/mol. The van der Waals surface area contributed by atoms with Gasteiger partial charge in [-0.25, -0.2) is 0 Å². The first kappa shape index (κ1) is 33.9. The lowest BCUT2D eigenvalue weighted by atomic mass is 9.86. The third-order valence-corrected chi connectivity index (χ3v) is 4.36. The van der Waals surface area contributed by atoms with Gasteiger partial charge in [-0.2, -0.15) is 101 Å². The van der Waals surface area contributed by atoms with Crippen LogP contribution in [0.15, 0.2) is 0 Å². The van der Waals surface area contributed by atoms with Crippen molar-refractivity contribution in [1.82, 2.24) is 0 Å². The van der Waals surface area contributed by atoms with Crippen LogP contribution in [-0.4, -0.2) is 64.3 Å². The van der Waals surface area contributed by atoms with E-state index in [4.69, 9.17) is 0 Å². The monoisotopic (exact) mass is 648 g/mol. The topological polar surface area (TPSA) is 0 Å². The van der Waals surface area contributed by atoms with Crippen LogP contribution >= 0.6 is 15.9 Å². The predicted molar refractivity (Wildman–Crippen MR) is 64.5 cm³/mol. The smallest absolute Gasteiger partial charge is 0.192 e. The third kappa shape index (κ3) is 3.97. The van der Waals surface area contributed by atoms with Crippen molar-refractivity contribution in [2.75, 3.05) is 0 Å². The normalized spacial score (nSPS) is 17.1. The molecule has 0 aromatic rings. The molecule has 24 heteroatoms.